The lowest BCUT2D eigenvalue weighted by Gasteiger charge is -2.24. The summed E-state index contributed by atoms with van der Waals surface area (Å²) in [5, 5.41) is 4.72. The molecule has 2 heterocycles. The summed E-state index contributed by atoms with van der Waals surface area (Å²) in [5.74, 6) is 0.731. The molecule has 6 nitrogen and oxygen atoms in total. The summed E-state index contributed by atoms with van der Waals surface area (Å²) in [6.45, 7) is 0.265. The van der Waals surface area contributed by atoms with Crippen LogP contribution in [-0.2, 0) is 30.0 Å². The Labute approximate surface area is 169 Å². The molecular formula is C20H20ClN3O3S. The van der Waals surface area contributed by atoms with Crippen molar-refractivity contribution in [3.63, 3.8) is 0 Å². The van der Waals surface area contributed by atoms with E-state index in [1.807, 2.05) is 43.4 Å². The topological polar surface area (TPSA) is 64.4 Å². The highest BCUT2D eigenvalue weighted by Gasteiger charge is 2.42. The summed E-state index contributed by atoms with van der Waals surface area (Å²) >= 11 is 6.30. The van der Waals surface area contributed by atoms with E-state index in [-0.39, 0.29) is 12.6 Å². The van der Waals surface area contributed by atoms with Crippen LogP contribution in [-0.4, -0.2) is 29.6 Å². The molecule has 3 aromatic rings. The number of aryl methyl sites for hydroxylation is 1. The van der Waals surface area contributed by atoms with Crippen LogP contribution in [0.25, 0.3) is 0 Å². The highest BCUT2D eigenvalue weighted by Crippen LogP contribution is 2.42. The Bertz CT molecular complexity index is 1090. The Morgan fingerprint density at radius 3 is 2.50 bits per heavy atom. The summed E-state index contributed by atoms with van der Waals surface area (Å²) in [5.41, 5.74) is 2.48. The Morgan fingerprint density at radius 2 is 1.86 bits per heavy atom. The molecule has 0 N–H and O–H groups in total. The normalized spacial score (nSPS) is 18.2. The SMILES string of the molecule is COc1ccc(CN2C(Cc3c(Cl)cnn3C)c3ccccc3S2(=O)=O)cc1. The fourth-order valence-electron chi connectivity index (χ4n) is 3.61. The molecule has 1 atom stereocenters. The van der Waals surface area contributed by atoms with Crippen LogP contribution in [0.2, 0.25) is 5.02 Å². The molecule has 0 amide bonds. The fourth-order valence-corrected chi connectivity index (χ4v) is 5.70. The van der Waals surface area contributed by atoms with Crippen molar-refractivity contribution in [2.45, 2.75) is 23.9 Å². The number of hydrogen-bond acceptors (Lipinski definition) is 4. The van der Waals surface area contributed by atoms with E-state index < -0.39 is 10.0 Å². The quantitative estimate of drug-likeness (QED) is 0.636. The van der Waals surface area contributed by atoms with E-state index >= 15 is 0 Å². The van der Waals surface area contributed by atoms with Gasteiger partial charge < -0.3 is 4.74 Å². The van der Waals surface area contributed by atoms with Gasteiger partial charge in [0.1, 0.15) is 5.75 Å². The van der Waals surface area contributed by atoms with Gasteiger partial charge in [-0.15, -0.1) is 0 Å². The Morgan fingerprint density at radius 1 is 1.14 bits per heavy atom. The maximum absolute atomic E-state index is 13.3. The first-order valence-electron chi connectivity index (χ1n) is 8.82. The maximum Gasteiger partial charge on any atom is 0.244 e. The minimum absolute atomic E-state index is 0.265. The Balaban J connectivity index is 1.75. The van der Waals surface area contributed by atoms with Gasteiger partial charge in [0.05, 0.1) is 35.0 Å². The van der Waals surface area contributed by atoms with Gasteiger partial charge in [0.2, 0.25) is 10.0 Å². The van der Waals surface area contributed by atoms with Gasteiger partial charge in [0.25, 0.3) is 0 Å². The third kappa shape index (κ3) is 3.19. The first kappa shape index (κ1) is 19.0. The number of nitrogens with zero attached hydrogens (tertiary/aromatic N) is 3. The van der Waals surface area contributed by atoms with E-state index in [0.717, 1.165) is 22.6 Å². The molecule has 0 radical (unpaired) electrons. The monoisotopic (exact) mass is 417 g/mol. The second-order valence-electron chi connectivity index (χ2n) is 6.72. The summed E-state index contributed by atoms with van der Waals surface area (Å²) in [7, 11) is -0.198. The number of ether oxygens (including phenoxy) is 1. The third-order valence-corrected chi connectivity index (χ3v) is 7.35. The molecule has 1 unspecified atom stereocenters. The average molecular weight is 418 g/mol. The molecule has 0 fully saturated rings. The zero-order valence-electron chi connectivity index (χ0n) is 15.5. The van der Waals surface area contributed by atoms with E-state index in [4.69, 9.17) is 16.3 Å². The average Bonchev–Trinajstić information content (AvgIpc) is 3.12. The summed E-state index contributed by atoms with van der Waals surface area (Å²) in [4.78, 5) is 0.354. The lowest BCUT2D eigenvalue weighted by molar-refractivity contribution is 0.327. The number of fused-ring (bicyclic) bond motifs is 1. The molecule has 0 bridgehead atoms. The van der Waals surface area contributed by atoms with Crippen molar-refractivity contribution >= 4 is 21.6 Å². The van der Waals surface area contributed by atoms with Crippen LogP contribution in [0.15, 0.2) is 59.6 Å². The molecule has 0 saturated carbocycles. The van der Waals surface area contributed by atoms with Crippen molar-refractivity contribution in [3.05, 3.63) is 76.6 Å². The minimum atomic E-state index is -3.61. The first-order valence-corrected chi connectivity index (χ1v) is 10.6. The first-order chi connectivity index (χ1) is 13.4. The molecule has 4 rings (SSSR count). The zero-order valence-corrected chi connectivity index (χ0v) is 17.1. The van der Waals surface area contributed by atoms with E-state index in [1.165, 1.54) is 0 Å². The Kier molecular flexibility index (Phi) is 4.91. The lowest BCUT2D eigenvalue weighted by atomic mass is 10.0. The van der Waals surface area contributed by atoms with Crippen molar-refractivity contribution in [1.82, 2.24) is 14.1 Å². The number of halogens is 1. The van der Waals surface area contributed by atoms with Gasteiger partial charge in [0.15, 0.2) is 0 Å². The van der Waals surface area contributed by atoms with E-state index in [1.54, 1.807) is 34.4 Å². The molecule has 1 aliphatic heterocycles. The van der Waals surface area contributed by atoms with E-state index in [2.05, 4.69) is 5.10 Å². The van der Waals surface area contributed by atoms with Gasteiger partial charge in [-0.05, 0) is 29.3 Å². The maximum atomic E-state index is 13.3. The van der Waals surface area contributed by atoms with Crippen LogP contribution in [0.1, 0.15) is 22.9 Å². The Hall–Kier alpha value is -2.35. The smallest absolute Gasteiger partial charge is 0.244 e. The molecule has 28 heavy (non-hydrogen) atoms. The number of sulfonamides is 1. The molecule has 8 heteroatoms. The fraction of sp³-hybridized carbons (Fsp3) is 0.250. The minimum Gasteiger partial charge on any atom is -0.497 e. The van der Waals surface area contributed by atoms with E-state index in [0.29, 0.717) is 16.3 Å². The van der Waals surface area contributed by atoms with Crippen molar-refractivity contribution in [3.8, 4) is 5.75 Å². The number of aromatic nitrogens is 2. The molecular weight excluding hydrogens is 398 g/mol. The van der Waals surface area contributed by atoms with Crippen LogP contribution >= 0.6 is 11.6 Å². The van der Waals surface area contributed by atoms with Gasteiger partial charge in [0, 0.05) is 20.0 Å². The van der Waals surface area contributed by atoms with Crippen LogP contribution in [0, 0.1) is 0 Å². The largest absolute Gasteiger partial charge is 0.497 e. The summed E-state index contributed by atoms with van der Waals surface area (Å²) in [6, 6.07) is 14.2. The number of rotatable bonds is 5. The van der Waals surface area contributed by atoms with Crippen molar-refractivity contribution in [1.29, 1.82) is 0 Å². The second kappa shape index (κ2) is 7.24. The van der Waals surface area contributed by atoms with Crippen LogP contribution in [0.3, 0.4) is 0 Å². The van der Waals surface area contributed by atoms with Crippen LogP contribution < -0.4 is 4.74 Å². The van der Waals surface area contributed by atoms with Gasteiger partial charge in [-0.1, -0.05) is 41.9 Å². The highest BCUT2D eigenvalue weighted by molar-refractivity contribution is 7.89. The van der Waals surface area contributed by atoms with Crippen LogP contribution in [0.5, 0.6) is 5.75 Å². The molecule has 0 spiro atoms. The van der Waals surface area contributed by atoms with Crippen molar-refractivity contribution < 1.29 is 13.2 Å². The zero-order chi connectivity index (χ0) is 19.9. The number of benzene rings is 2. The van der Waals surface area contributed by atoms with Crippen molar-refractivity contribution in [2.75, 3.05) is 7.11 Å². The van der Waals surface area contributed by atoms with Gasteiger partial charge in [-0.25, -0.2) is 8.42 Å². The number of hydrogen-bond donors (Lipinski definition) is 0. The third-order valence-electron chi connectivity index (χ3n) is 5.11. The highest BCUT2D eigenvalue weighted by atomic mass is 35.5. The molecule has 146 valence electrons. The second-order valence-corrected chi connectivity index (χ2v) is 8.99. The van der Waals surface area contributed by atoms with Crippen LogP contribution in [0.4, 0.5) is 0 Å². The molecule has 2 aromatic carbocycles. The van der Waals surface area contributed by atoms with Gasteiger partial charge in [-0.2, -0.15) is 9.40 Å². The summed E-state index contributed by atoms with van der Waals surface area (Å²) in [6.07, 6.45) is 2.03. The van der Waals surface area contributed by atoms with Crippen molar-refractivity contribution in [2.24, 2.45) is 7.05 Å². The molecule has 1 aromatic heterocycles. The molecule has 0 aliphatic carbocycles. The molecule has 0 saturated heterocycles. The summed E-state index contributed by atoms with van der Waals surface area (Å²) < 4.78 is 35.0. The standard InChI is InChI=1S/C20H20ClN3O3S/c1-23-19(17(21)12-22-23)11-18-16-5-3-4-6-20(16)28(25,26)24(18)13-14-7-9-15(27-2)10-8-14/h3-10,12,18H,11,13H2,1-2H3. The predicted octanol–water partition coefficient (Wildman–Crippen LogP) is 3.57. The molecule has 1 aliphatic rings. The number of methoxy groups -OCH3 is 1. The van der Waals surface area contributed by atoms with E-state index in [9.17, 15) is 8.42 Å². The predicted molar refractivity (Wildman–Crippen MR) is 107 cm³/mol. The lowest BCUT2D eigenvalue weighted by Crippen LogP contribution is -2.29. The van der Waals surface area contributed by atoms with Gasteiger partial charge >= 0.3 is 0 Å². The van der Waals surface area contributed by atoms with Gasteiger partial charge in [-0.3, -0.25) is 4.68 Å².